The molecule has 0 heterocycles. The highest BCUT2D eigenvalue weighted by atomic mass is 35.5. The first-order valence-corrected chi connectivity index (χ1v) is 6.43. The third-order valence-electron chi connectivity index (χ3n) is 2.83. The van der Waals surface area contributed by atoms with E-state index >= 15 is 0 Å². The second-order valence-electron chi connectivity index (χ2n) is 4.28. The Morgan fingerprint density at radius 2 is 2.10 bits per heavy atom. The lowest BCUT2D eigenvalue weighted by Gasteiger charge is -2.11. The molecule has 0 fully saturated rings. The first-order chi connectivity index (χ1) is 10.0. The molecule has 0 aromatic heterocycles. The first-order valence-electron chi connectivity index (χ1n) is 6.05. The van der Waals surface area contributed by atoms with Gasteiger partial charge in [0.25, 0.3) is 5.69 Å². The van der Waals surface area contributed by atoms with E-state index in [0.717, 1.165) is 6.07 Å². The number of rotatable bonds is 5. The molecule has 0 spiro atoms. The normalized spacial score (nSPS) is 10.4. The number of nitro benzene ring substituents is 1. The van der Waals surface area contributed by atoms with Crippen molar-refractivity contribution >= 4 is 17.3 Å². The molecule has 21 heavy (non-hydrogen) atoms. The van der Waals surface area contributed by atoms with E-state index in [1.54, 1.807) is 18.2 Å². The van der Waals surface area contributed by atoms with Crippen molar-refractivity contribution in [1.82, 2.24) is 0 Å². The average molecular weight is 311 g/mol. The van der Waals surface area contributed by atoms with Crippen LogP contribution < -0.4 is 10.5 Å². The summed E-state index contributed by atoms with van der Waals surface area (Å²) in [6.45, 7) is 0.171. The second-order valence-corrected chi connectivity index (χ2v) is 4.69. The summed E-state index contributed by atoms with van der Waals surface area (Å²) in [5.74, 6) is -0.218. The van der Waals surface area contributed by atoms with Crippen LogP contribution in [0.5, 0.6) is 5.75 Å². The minimum Gasteiger partial charge on any atom is -0.489 e. The molecule has 0 aliphatic heterocycles. The fourth-order valence-corrected chi connectivity index (χ4v) is 2.10. The summed E-state index contributed by atoms with van der Waals surface area (Å²) in [6, 6.07) is 8.36. The maximum atomic E-state index is 13.3. The summed E-state index contributed by atoms with van der Waals surface area (Å²) < 4.78 is 18.9. The summed E-state index contributed by atoms with van der Waals surface area (Å²) in [4.78, 5) is 10.0. The van der Waals surface area contributed by atoms with Gasteiger partial charge in [-0.15, -0.1) is 0 Å². The molecule has 2 rings (SSSR count). The van der Waals surface area contributed by atoms with Crippen LogP contribution in [0.4, 0.5) is 10.1 Å². The number of hydrogen-bond acceptors (Lipinski definition) is 4. The van der Waals surface area contributed by atoms with Gasteiger partial charge in [0.2, 0.25) is 0 Å². The van der Waals surface area contributed by atoms with E-state index in [4.69, 9.17) is 22.1 Å². The zero-order valence-electron chi connectivity index (χ0n) is 10.9. The van der Waals surface area contributed by atoms with Crippen molar-refractivity contribution in [3.63, 3.8) is 0 Å². The molecule has 0 unspecified atom stereocenters. The highest BCUT2D eigenvalue weighted by Gasteiger charge is 2.11. The lowest BCUT2D eigenvalue weighted by molar-refractivity contribution is -0.385. The number of non-ortho nitro benzene ring substituents is 1. The molecule has 0 saturated carbocycles. The molecule has 0 radical (unpaired) electrons. The lowest BCUT2D eigenvalue weighted by Crippen LogP contribution is -2.04. The molecular weight excluding hydrogens is 299 g/mol. The van der Waals surface area contributed by atoms with Gasteiger partial charge in [0.15, 0.2) is 0 Å². The van der Waals surface area contributed by atoms with Gasteiger partial charge >= 0.3 is 0 Å². The van der Waals surface area contributed by atoms with Gasteiger partial charge in [0.05, 0.1) is 11.0 Å². The lowest BCUT2D eigenvalue weighted by atomic mass is 10.2. The number of ether oxygens (including phenoxy) is 1. The van der Waals surface area contributed by atoms with Crippen LogP contribution >= 0.6 is 11.6 Å². The zero-order valence-corrected chi connectivity index (χ0v) is 11.6. The summed E-state index contributed by atoms with van der Waals surface area (Å²) in [6.07, 6.45) is 0. The van der Waals surface area contributed by atoms with Crippen LogP contribution in [0.3, 0.4) is 0 Å². The Balaban J connectivity index is 2.21. The molecule has 0 saturated heterocycles. The largest absolute Gasteiger partial charge is 0.489 e. The summed E-state index contributed by atoms with van der Waals surface area (Å²) in [5, 5.41) is 11.2. The van der Waals surface area contributed by atoms with Crippen LogP contribution in [0.1, 0.15) is 11.1 Å². The number of nitro groups is 1. The Labute approximate surface area is 125 Å². The summed E-state index contributed by atoms with van der Waals surface area (Å²) in [7, 11) is 0. The molecule has 7 heteroatoms. The summed E-state index contributed by atoms with van der Waals surface area (Å²) in [5.41, 5.74) is 6.26. The van der Waals surface area contributed by atoms with E-state index < -0.39 is 10.7 Å². The van der Waals surface area contributed by atoms with Crippen LogP contribution in [-0.2, 0) is 13.2 Å². The summed E-state index contributed by atoms with van der Waals surface area (Å²) >= 11 is 5.99. The van der Waals surface area contributed by atoms with Crippen molar-refractivity contribution in [2.75, 3.05) is 0 Å². The molecule has 0 bridgehead atoms. The predicted molar refractivity (Wildman–Crippen MR) is 76.7 cm³/mol. The number of benzene rings is 2. The van der Waals surface area contributed by atoms with Gasteiger partial charge in [0, 0.05) is 23.2 Å². The van der Waals surface area contributed by atoms with Crippen LogP contribution in [0.25, 0.3) is 0 Å². The van der Waals surface area contributed by atoms with E-state index in [1.165, 1.54) is 12.1 Å². The van der Waals surface area contributed by atoms with E-state index in [9.17, 15) is 14.5 Å². The second kappa shape index (κ2) is 6.51. The molecule has 2 N–H and O–H groups in total. The van der Waals surface area contributed by atoms with Crippen LogP contribution in [0, 0.1) is 15.9 Å². The van der Waals surface area contributed by atoms with Crippen molar-refractivity contribution in [3.05, 3.63) is 68.5 Å². The van der Waals surface area contributed by atoms with Crippen molar-refractivity contribution < 1.29 is 14.1 Å². The van der Waals surface area contributed by atoms with Crippen molar-refractivity contribution in [3.8, 4) is 5.75 Å². The molecule has 2 aromatic rings. The van der Waals surface area contributed by atoms with Gasteiger partial charge in [-0.05, 0) is 23.8 Å². The highest BCUT2D eigenvalue weighted by Crippen LogP contribution is 2.27. The predicted octanol–water partition coefficient (Wildman–Crippen LogP) is 3.43. The fraction of sp³-hybridized carbons (Fsp3) is 0.143. The molecule has 0 aliphatic carbocycles. The first kappa shape index (κ1) is 15.2. The third kappa shape index (κ3) is 3.68. The Hall–Kier alpha value is -2.18. The standard InChI is InChI=1S/C14H12ClFN2O3/c15-13-2-1-3-14(12(13)7-17)21-8-9-4-10(16)6-11(5-9)18(19)20/h1-6H,7-8,17H2. The number of hydrogen-bond donors (Lipinski definition) is 1. The van der Waals surface area contributed by atoms with E-state index in [2.05, 4.69) is 0 Å². The van der Waals surface area contributed by atoms with Gasteiger partial charge in [0.1, 0.15) is 18.2 Å². The van der Waals surface area contributed by atoms with Gasteiger partial charge < -0.3 is 10.5 Å². The Bertz CT molecular complexity index is 679. The van der Waals surface area contributed by atoms with Gasteiger partial charge in [-0.3, -0.25) is 10.1 Å². The van der Waals surface area contributed by atoms with E-state index in [0.29, 0.717) is 21.9 Å². The highest BCUT2D eigenvalue weighted by molar-refractivity contribution is 6.31. The monoisotopic (exact) mass is 310 g/mol. The smallest absolute Gasteiger partial charge is 0.272 e. The van der Waals surface area contributed by atoms with Crippen LogP contribution in [-0.4, -0.2) is 4.92 Å². The molecule has 0 aliphatic rings. The van der Waals surface area contributed by atoms with Gasteiger partial charge in [-0.2, -0.15) is 0 Å². The molecule has 0 atom stereocenters. The average Bonchev–Trinajstić information content (AvgIpc) is 2.44. The SMILES string of the molecule is NCc1c(Cl)cccc1OCc1cc(F)cc([N+](=O)[O-])c1. The van der Waals surface area contributed by atoms with Gasteiger partial charge in [-0.25, -0.2) is 4.39 Å². The van der Waals surface area contributed by atoms with Crippen molar-refractivity contribution in [2.24, 2.45) is 5.73 Å². The minimum absolute atomic E-state index is 0.0219. The Morgan fingerprint density at radius 1 is 1.33 bits per heavy atom. The molecule has 2 aromatic carbocycles. The van der Waals surface area contributed by atoms with Gasteiger partial charge in [-0.1, -0.05) is 17.7 Å². The molecule has 5 nitrogen and oxygen atoms in total. The third-order valence-corrected chi connectivity index (χ3v) is 3.18. The number of halogens is 2. The molecule has 0 amide bonds. The van der Waals surface area contributed by atoms with E-state index in [1.807, 2.05) is 0 Å². The molecule has 110 valence electrons. The Morgan fingerprint density at radius 3 is 2.76 bits per heavy atom. The number of nitrogens with two attached hydrogens (primary N) is 1. The van der Waals surface area contributed by atoms with Crippen LogP contribution in [0.15, 0.2) is 36.4 Å². The zero-order chi connectivity index (χ0) is 15.4. The maximum absolute atomic E-state index is 13.3. The number of nitrogens with zero attached hydrogens (tertiary/aromatic N) is 1. The minimum atomic E-state index is -0.687. The topological polar surface area (TPSA) is 78.4 Å². The van der Waals surface area contributed by atoms with E-state index in [-0.39, 0.29) is 18.8 Å². The molecular formula is C14H12ClFN2O3. The van der Waals surface area contributed by atoms with Crippen molar-refractivity contribution in [1.29, 1.82) is 0 Å². The maximum Gasteiger partial charge on any atom is 0.272 e. The van der Waals surface area contributed by atoms with Crippen LogP contribution in [0.2, 0.25) is 5.02 Å². The quantitative estimate of drug-likeness (QED) is 0.678. The van der Waals surface area contributed by atoms with Crippen molar-refractivity contribution in [2.45, 2.75) is 13.2 Å². The Kier molecular flexibility index (Phi) is 4.72. The fourth-order valence-electron chi connectivity index (χ4n) is 1.86.